The fraction of sp³-hybridized carbons (Fsp3) is 0.286. The number of thiophene rings is 1. The highest BCUT2D eigenvalue weighted by Gasteiger charge is 2.25. The maximum absolute atomic E-state index is 5.68. The Hall–Kier alpha value is -0.840. The van der Waals surface area contributed by atoms with Crippen molar-refractivity contribution in [2.45, 2.75) is 19.0 Å². The fourth-order valence-electron chi connectivity index (χ4n) is 2.25. The smallest absolute Gasteiger partial charge is 0.124 e. The number of benzene rings is 1. The van der Waals surface area contributed by atoms with E-state index in [-0.39, 0.29) is 6.04 Å². The molecule has 4 heteroatoms. The summed E-state index contributed by atoms with van der Waals surface area (Å²) in [6, 6.07) is 13.1. The molecular formula is C14H14BrNOS. The van der Waals surface area contributed by atoms with Crippen molar-refractivity contribution in [1.82, 2.24) is 5.32 Å². The van der Waals surface area contributed by atoms with Crippen LogP contribution in [0.2, 0.25) is 0 Å². The molecule has 0 fully saturated rings. The lowest BCUT2D eigenvalue weighted by atomic mass is 10.1. The van der Waals surface area contributed by atoms with E-state index in [2.05, 4.69) is 52.4 Å². The number of halogens is 1. The van der Waals surface area contributed by atoms with Crippen molar-refractivity contribution in [3.8, 4) is 5.75 Å². The summed E-state index contributed by atoms with van der Waals surface area (Å²) in [7, 11) is 0. The lowest BCUT2D eigenvalue weighted by Gasteiger charge is -2.17. The molecule has 0 radical (unpaired) electrons. The van der Waals surface area contributed by atoms with E-state index in [1.807, 2.05) is 12.1 Å². The maximum atomic E-state index is 5.68. The Morgan fingerprint density at radius 2 is 2.17 bits per heavy atom. The molecule has 0 saturated heterocycles. The minimum atomic E-state index is 0.289. The second-order valence-corrected chi connectivity index (χ2v) is 6.93. The zero-order chi connectivity index (χ0) is 12.5. The van der Waals surface area contributed by atoms with Crippen LogP contribution in [-0.4, -0.2) is 6.61 Å². The van der Waals surface area contributed by atoms with Gasteiger partial charge in [0, 0.05) is 16.5 Å². The molecule has 18 heavy (non-hydrogen) atoms. The molecule has 1 aliphatic heterocycles. The molecule has 94 valence electrons. The van der Waals surface area contributed by atoms with Gasteiger partial charge in [0.2, 0.25) is 0 Å². The molecule has 0 saturated carbocycles. The van der Waals surface area contributed by atoms with Gasteiger partial charge in [0.25, 0.3) is 0 Å². The molecule has 1 aliphatic rings. The molecule has 1 N–H and O–H groups in total. The third kappa shape index (κ3) is 2.32. The van der Waals surface area contributed by atoms with Crippen LogP contribution in [0.3, 0.4) is 0 Å². The summed E-state index contributed by atoms with van der Waals surface area (Å²) in [6.07, 6.45) is 0. The number of hydrogen-bond acceptors (Lipinski definition) is 3. The van der Waals surface area contributed by atoms with E-state index < -0.39 is 0 Å². The summed E-state index contributed by atoms with van der Waals surface area (Å²) < 4.78 is 6.86. The van der Waals surface area contributed by atoms with E-state index >= 15 is 0 Å². The quantitative estimate of drug-likeness (QED) is 0.909. The van der Waals surface area contributed by atoms with Gasteiger partial charge in [0.1, 0.15) is 12.4 Å². The number of hydrogen-bond donors (Lipinski definition) is 1. The lowest BCUT2D eigenvalue weighted by Crippen LogP contribution is -2.25. The molecule has 2 aromatic rings. The summed E-state index contributed by atoms with van der Waals surface area (Å²) >= 11 is 5.28. The third-order valence-corrected chi connectivity index (χ3v) is 4.98. The molecule has 0 bridgehead atoms. The standard InChI is InChI=1S/C14H14BrNOS/c1-9(13-6-7-14(15)18-13)16-11-8-17-12-5-3-2-4-10(11)12/h2-7,9,11,16H,8H2,1H3. The van der Waals surface area contributed by atoms with Gasteiger partial charge >= 0.3 is 0 Å². The van der Waals surface area contributed by atoms with Gasteiger partial charge in [-0.2, -0.15) is 0 Å². The van der Waals surface area contributed by atoms with Crippen LogP contribution in [0.1, 0.15) is 29.4 Å². The van der Waals surface area contributed by atoms with Gasteiger partial charge in [-0.15, -0.1) is 11.3 Å². The van der Waals surface area contributed by atoms with Crippen LogP contribution in [0.25, 0.3) is 0 Å². The Morgan fingerprint density at radius 1 is 1.33 bits per heavy atom. The first kappa shape index (κ1) is 12.2. The first-order chi connectivity index (χ1) is 8.74. The Kier molecular flexibility index (Phi) is 3.41. The second-order valence-electron chi connectivity index (χ2n) is 4.43. The Balaban J connectivity index is 1.75. The molecule has 0 spiro atoms. The molecule has 3 rings (SSSR count). The highest BCUT2D eigenvalue weighted by molar-refractivity contribution is 9.11. The van der Waals surface area contributed by atoms with E-state index in [4.69, 9.17) is 4.74 Å². The second kappa shape index (κ2) is 5.03. The largest absolute Gasteiger partial charge is 0.491 e. The SMILES string of the molecule is CC(NC1COc2ccccc21)c1ccc(Br)s1. The van der Waals surface area contributed by atoms with Gasteiger partial charge in [-0.25, -0.2) is 0 Å². The van der Waals surface area contributed by atoms with Crippen LogP contribution in [0.4, 0.5) is 0 Å². The van der Waals surface area contributed by atoms with Crippen molar-refractivity contribution in [1.29, 1.82) is 0 Å². The van der Waals surface area contributed by atoms with Crippen LogP contribution < -0.4 is 10.1 Å². The molecule has 1 aromatic heterocycles. The van der Waals surface area contributed by atoms with Gasteiger partial charge in [-0.1, -0.05) is 18.2 Å². The van der Waals surface area contributed by atoms with Gasteiger partial charge in [-0.05, 0) is 41.1 Å². The summed E-state index contributed by atoms with van der Waals surface area (Å²) in [6.45, 7) is 2.91. The van der Waals surface area contributed by atoms with Gasteiger partial charge in [0.15, 0.2) is 0 Å². The Morgan fingerprint density at radius 3 is 2.94 bits per heavy atom. The molecule has 2 atom stereocenters. The normalized spacial score (nSPS) is 19.3. The molecule has 0 amide bonds. The average Bonchev–Trinajstić information content (AvgIpc) is 2.97. The number of rotatable bonds is 3. The van der Waals surface area contributed by atoms with Crippen LogP contribution >= 0.6 is 27.3 Å². The monoisotopic (exact) mass is 323 g/mol. The van der Waals surface area contributed by atoms with E-state index in [1.54, 1.807) is 11.3 Å². The average molecular weight is 324 g/mol. The summed E-state index contributed by atoms with van der Waals surface area (Å²) in [5.74, 6) is 1.01. The lowest BCUT2D eigenvalue weighted by molar-refractivity contribution is 0.301. The van der Waals surface area contributed by atoms with E-state index in [0.29, 0.717) is 6.04 Å². The van der Waals surface area contributed by atoms with Crippen LogP contribution in [0.15, 0.2) is 40.2 Å². The molecule has 2 heterocycles. The topological polar surface area (TPSA) is 21.3 Å². The van der Waals surface area contributed by atoms with Crippen LogP contribution in [0, 0.1) is 0 Å². The minimum Gasteiger partial charge on any atom is -0.491 e. The molecule has 0 aliphatic carbocycles. The van der Waals surface area contributed by atoms with Gasteiger partial charge in [-0.3, -0.25) is 5.32 Å². The van der Waals surface area contributed by atoms with Gasteiger partial charge in [0.05, 0.1) is 9.83 Å². The van der Waals surface area contributed by atoms with Crippen molar-refractivity contribution in [3.63, 3.8) is 0 Å². The van der Waals surface area contributed by atoms with E-state index in [0.717, 1.165) is 12.4 Å². The number of ether oxygens (including phenoxy) is 1. The summed E-state index contributed by atoms with van der Waals surface area (Å²) in [5, 5.41) is 3.63. The number of para-hydroxylation sites is 1. The number of fused-ring (bicyclic) bond motifs is 1. The summed E-state index contributed by atoms with van der Waals surface area (Å²) in [5.41, 5.74) is 1.26. The van der Waals surface area contributed by atoms with Crippen molar-refractivity contribution in [3.05, 3.63) is 50.6 Å². The van der Waals surface area contributed by atoms with Crippen molar-refractivity contribution >= 4 is 27.3 Å². The van der Waals surface area contributed by atoms with E-state index in [9.17, 15) is 0 Å². The first-order valence-electron chi connectivity index (χ1n) is 5.97. The van der Waals surface area contributed by atoms with Crippen molar-refractivity contribution in [2.75, 3.05) is 6.61 Å². The zero-order valence-electron chi connectivity index (χ0n) is 10.0. The predicted molar refractivity (Wildman–Crippen MR) is 78.2 cm³/mol. The Labute approximate surface area is 119 Å². The Bertz CT molecular complexity index is 554. The summed E-state index contributed by atoms with van der Waals surface area (Å²) in [4.78, 5) is 1.34. The first-order valence-corrected chi connectivity index (χ1v) is 7.58. The van der Waals surface area contributed by atoms with Crippen LogP contribution in [-0.2, 0) is 0 Å². The molecular weight excluding hydrogens is 310 g/mol. The predicted octanol–water partition coefficient (Wildman–Crippen LogP) is 4.29. The third-order valence-electron chi connectivity index (χ3n) is 3.17. The highest BCUT2D eigenvalue weighted by atomic mass is 79.9. The minimum absolute atomic E-state index is 0.289. The fourth-order valence-corrected chi connectivity index (χ4v) is 3.68. The van der Waals surface area contributed by atoms with Crippen LogP contribution in [0.5, 0.6) is 5.75 Å². The van der Waals surface area contributed by atoms with Crippen molar-refractivity contribution < 1.29 is 4.74 Å². The van der Waals surface area contributed by atoms with Crippen molar-refractivity contribution in [2.24, 2.45) is 0 Å². The number of nitrogens with one attached hydrogen (secondary N) is 1. The van der Waals surface area contributed by atoms with Gasteiger partial charge < -0.3 is 4.74 Å². The molecule has 2 nitrogen and oxygen atoms in total. The molecule has 1 aromatic carbocycles. The maximum Gasteiger partial charge on any atom is 0.124 e. The highest BCUT2D eigenvalue weighted by Crippen LogP contribution is 2.34. The molecule has 2 unspecified atom stereocenters. The van der Waals surface area contributed by atoms with E-state index in [1.165, 1.54) is 14.2 Å². The zero-order valence-corrected chi connectivity index (χ0v) is 12.4.